The zero-order valence-electron chi connectivity index (χ0n) is 15.1. The molecule has 7 heteroatoms. The van der Waals surface area contributed by atoms with E-state index in [4.69, 9.17) is 9.57 Å². The zero-order chi connectivity index (χ0) is 17.9. The summed E-state index contributed by atoms with van der Waals surface area (Å²) in [7, 11) is 0. The number of carbonyl (C=O) groups excluding carboxylic acids is 3. The maximum atomic E-state index is 12.0. The van der Waals surface area contributed by atoms with Crippen LogP contribution in [0.1, 0.15) is 59.3 Å². The second-order valence-corrected chi connectivity index (χ2v) is 5.90. The van der Waals surface area contributed by atoms with Crippen LogP contribution in [0.5, 0.6) is 0 Å². The third-order valence-electron chi connectivity index (χ3n) is 4.09. The molecule has 0 spiro atoms. The standard InChI is InChI=1S/C15H24N2O5.C2H6/c1-12-6-8-16(9-7-12)13(18)3-2-10-21-11-22-17-14(19)4-5-15(17)20;1-2/h12H,2-11H2,1H3;1-2H3. The normalized spacial score (nSPS) is 18.6. The van der Waals surface area contributed by atoms with Crippen molar-refractivity contribution < 1.29 is 24.0 Å². The lowest BCUT2D eigenvalue weighted by molar-refractivity contribution is -0.217. The average Bonchev–Trinajstić information content (AvgIpc) is 2.91. The summed E-state index contributed by atoms with van der Waals surface area (Å²) in [5.74, 6) is 0.216. The van der Waals surface area contributed by atoms with E-state index in [9.17, 15) is 14.4 Å². The molecule has 2 aliphatic rings. The molecule has 2 heterocycles. The molecular weight excluding hydrogens is 312 g/mol. The number of imide groups is 1. The van der Waals surface area contributed by atoms with Crippen LogP contribution in [0.3, 0.4) is 0 Å². The van der Waals surface area contributed by atoms with Gasteiger partial charge < -0.3 is 9.64 Å². The van der Waals surface area contributed by atoms with Gasteiger partial charge in [-0.15, -0.1) is 0 Å². The Labute approximate surface area is 144 Å². The third-order valence-corrected chi connectivity index (χ3v) is 4.09. The van der Waals surface area contributed by atoms with Crippen LogP contribution in [0, 0.1) is 5.92 Å². The van der Waals surface area contributed by atoms with E-state index in [-0.39, 0.29) is 37.4 Å². The summed E-state index contributed by atoms with van der Waals surface area (Å²) in [5, 5.41) is 0.764. The Morgan fingerprint density at radius 2 is 1.71 bits per heavy atom. The van der Waals surface area contributed by atoms with Gasteiger partial charge in [-0.1, -0.05) is 20.8 Å². The quantitative estimate of drug-likeness (QED) is 0.402. The fourth-order valence-electron chi connectivity index (χ4n) is 2.59. The second-order valence-electron chi connectivity index (χ2n) is 5.90. The SMILES string of the molecule is CC.CC1CCN(C(=O)CCCOCON2C(=O)CCC2=O)CC1. The molecule has 2 rings (SSSR count). The van der Waals surface area contributed by atoms with Crippen LogP contribution in [0.4, 0.5) is 0 Å². The molecule has 3 amide bonds. The molecule has 0 atom stereocenters. The van der Waals surface area contributed by atoms with Crippen LogP contribution in [-0.4, -0.2) is 54.2 Å². The van der Waals surface area contributed by atoms with Crippen molar-refractivity contribution in [3.8, 4) is 0 Å². The highest BCUT2D eigenvalue weighted by Gasteiger charge is 2.30. The lowest BCUT2D eigenvalue weighted by atomic mass is 9.99. The van der Waals surface area contributed by atoms with Gasteiger partial charge in [-0.3, -0.25) is 14.4 Å². The number of piperidine rings is 1. The molecule has 0 radical (unpaired) electrons. The van der Waals surface area contributed by atoms with Crippen molar-refractivity contribution in [2.45, 2.75) is 59.3 Å². The zero-order valence-corrected chi connectivity index (χ0v) is 15.1. The minimum Gasteiger partial charge on any atom is -0.353 e. The van der Waals surface area contributed by atoms with Gasteiger partial charge >= 0.3 is 0 Å². The van der Waals surface area contributed by atoms with Gasteiger partial charge in [-0.25, -0.2) is 4.84 Å². The number of likely N-dealkylation sites (tertiary alicyclic amines) is 1. The Bertz CT molecular complexity index is 403. The Morgan fingerprint density at radius 3 is 2.29 bits per heavy atom. The molecule has 2 saturated heterocycles. The number of hydrogen-bond acceptors (Lipinski definition) is 5. The van der Waals surface area contributed by atoms with Crippen molar-refractivity contribution in [1.82, 2.24) is 9.96 Å². The molecule has 2 aliphatic heterocycles. The first-order chi connectivity index (χ1) is 11.6. The van der Waals surface area contributed by atoms with Crippen LogP contribution in [0.25, 0.3) is 0 Å². The summed E-state index contributed by atoms with van der Waals surface area (Å²) < 4.78 is 5.21. The molecule has 0 aromatic carbocycles. The van der Waals surface area contributed by atoms with Crippen molar-refractivity contribution in [2.24, 2.45) is 5.92 Å². The number of rotatable bonds is 7. The van der Waals surface area contributed by atoms with Crippen molar-refractivity contribution in [1.29, 1.82) is 0 Å². The van der Waals surface area contributed by atoms with E-state index in [1.54, 1.807) is 0 Å². The molecule has 138 valence electrons. The monoisotopic (exact) mass is 342 g/mol. The smallest absolute Gasteiger partial charge is 0.254 e. The van der Waals surface area contributed by atoms with Gasteiger partial charge in [0.2, 0.25) is 5.91 Å². The molecular formula is C17H30N2O5. The first-order valence-corrected chi connectivity index (χ1v) is 8.92. The molecule has 0 saturated carbocycles. The van der Waals surface area contributed by atoms with Crippen LogP contribution in [0.2, 0.25) is 0 Å². The van der Waals surface area contributed by atoms with Crippen molar-refractivity contribution in [3.05, 3.63) is 0 Å². The molecule has 0 unspecified atom stereocenters. The lowest BCUT2D eigenvalue weighted by Crippen LogP contribution is -2.37. The lowest BCUT2D eigenvalue weighted by Gasteiger charge is -2.30. The van der Waals surface area contributed by atoms with Gasteiger partial charge in [0.25, 0.3) is 11.8 Å². The van der Waals surface area contributed by atoms with Gasteiger partial charge in [0.05, 0.1) is 6.61 Å². The summed E-state index contributed by atoms with van der Waals surface area (Å²) in [4.78, 5) is 41.4. The fraction of sp³-hybridized carbons (Fsp3) is 0.824. The highest BCUT2D eigenvalue weighted by molar-refractivity contribution is 6.00. The molecule has 0 bridgehead atoms. The summed E-state index contributed by atoms with van der Waals surface area (Å²) in [6.07, 6.45) is 3.61. The highest BCUT2D eigenvalue weighted by atomic mass is 16.8. The number of hydroxylamine groups is 2. The second kappa shape index (κ2) is 11.1. The van der Waals surface area contributed by atoms with Crippen molar-refractivity contribution in [3.63, 3.8) is 0 Å². The van der Waals surface area contributed by atoms with Gasteiger partial charge in [0.1, 0.15) is 0 Å². The summed E-state index contributed by atoms with van der Waals surface area (Å²) in [6, 6.07) is 0. The van der Waals surface area contributed by atoms with Crippen LogP contribution >= 0.6 is 0 Å². The summed E-state index contributed by atoms with van der Waals surface area (Å²) in [6.45, 7) is 8.14. The molecule has 0 aromatic rings. The molecule has 0 aromatic heterocycles. The van der Waals surface area contributed by atoms with Gasteiger partial charge in [0.15, 0.2) is 6.79 Å². The number of nitrogens with zero attached hydrogens (tertiary/aromatic N) is 2. The topological polar surface area (TPSA) is 76.2 Å². The number of amides is 3. The van der Waals surface area contributed by atoms with Gasteiger partial charge in [0, 0.05) is 32.4 Å². The Hall–Kier alpha value is -1.47. The minimum absolute atomic E-state index is 0.146. The Kier molecular flexibility index (Phi) is 9.56. The Morgan fingerprint density at radius 1 is 1.12 bits per heavy atom. The van der Waals surface area contributed by atoms with E-state index < -0.39 is 0 Å². The van der Waals surface area contributed by atoms with Crippen LogP contribution in [0.15, 0.2) is 0 Å². The number of hydrogen-bond donors (Lipinski definition) is 0. The predicted molar refractivity (Wildman–Crippen MR) is 88.6 cm³/mol. The average molecular weight is 342 g/mol. The summed E-state index contributed by atoms with van der Waals surface area (Å²) in [5.41, 5.74) is 0. The molecule has 24 heavy (non-hydrogen) atoms. The largest absolute Gasteiger partial charge is 0.353 e. The summed E-state index contributed by atoms with van der Waals surface area (Å²) >= 11 is 0. The first-order valence-electron chi connectivity index (χ1n) is 8.92. The van der Waals surface area contributed by atoms with E-state index in [2.05, 4.69) is 6.92 Å². The molecule has 2 fully saturated rings. The van der Waals surface area contributed by atoms with Crippen molar-refractivity contribution >= 4 is 17.7 Å². The maximum Gasteiger partial charge on any atom is 0.254 e. The van der Waals surface area contributed by atoms with E-state index >= 15 is 0 Å². The highest BCUT2D eigenvalue weighted by Crippen LogP contribution is 2.17. The molecule has 0 N–H and O–H groups in total. The third kappa shape index (κ3) is 6.57. The van der Waals surface area contributed by atoms with Gasteiger partial charge in [-0.2, -0.15) is 5.06 Å². The predicted octanol–water partition coefficient (Wildman–Crippen LogP) is 2.11. The van der Waals surface area contributed by atoms with Crippen LogP contribution < -0.4 is 0 Å². The van der Waals surface area contributed by atoms with Crippen molar-refractivity contribution in [2.75, 3.05) is 26.5 Å². The molecule has 0 aliphatic carbocycles. The van der Waals surface area contributed by atoms with E-state index in [1.165, 1.54) is 0 Å². The Balaban J connectivity index is 0.00000139. The van der Waals surface area contributed by atoms with E-state index in [0.717, 1.165) is 31.0 Å². The van der Waals surface area contributed by atoms with Crippen LogP contribution in [-0.2, 0) is 24.0 Å². The fourth-order valence-corrected chi connectivity index (χ4v) is 2.59. The van der Waals surface area contributed by atoms with E-state index in [1.807, 2.05) is 18.7 Å². The number of ether oxygens (including phenoxy) is 1. The number of carbonyl (C=O) groups is 3. The van der Waals surface area contributed by atoms with Gasteiger partial charge in [-0.05, 0) is 25.2 Å². The molecule has 7 nitrogen and oxygen atoms in total. The maximum absolute atomic E-state index is 12.0. The minimum atomic E-state index is -0.330. The first kappa shape index (κ1) is 20.6. The van der Waals surface area contributed by atoms with E-state index in [0.29, 0.717) is 25.4 Å².